The van der Waals surface area contributed by atoms with Gasteiger partial charge in [-0.1, -0.05) is 9.39 Å². The Bertz CT molecular complexity index is 89.8. The maximum absolute atomic E-state index is 9.37. The molecule has 0 aliphatic carbocycles. The first-order chi connectivity index (χ1) is 4.57. The van der Waals surface area contributed by atoms with E-state index in [4.69, 9.17) is 0 Å². The van der Waals surface area contributed by atoms with Crippen molar-refractivity contribution in [2.75, 3.05) is 20.6 Å². The molecule has 1 unspecified atom stereocenters. The summed E-state index contributed by atoms with van der Waals surface area (Å²) in [6, 6.07) is 0.132. The highest BCUT2D eigenvalue weighted by Gasteiger charge is 2.11. The summed E-state index contributed by atoms with van der Waals surface area (Å²) in [5, 5.41) is 12.3. The summed E-state index contributed by atoms with van der Waals surface area (Å²) in [6.07, 6.45) is -0.299. The molecule has 0 aromatic rings. The predicted octanol–water partition coefficient (Wildman–Crippen LogP) is -0.323. The van der Waals surface area contributed by atoms with E-state index in [-0.39, 0.29) is 12.1 Å². The van der Waals surface area contributed by atoms with Gasteiger partial charge in [-0.15, -0.1) is 0 Å². The molecule has 0 saturated heterocycles. The molecule has 3 nitrogen and oxygen atoms in total. The Balaban J connectivity index is 3.50. The number of nitrogens with one attached hydrogen (secondary N) is 1. The van der Waals surface area contributed by atoms with Crippen LogP contribution < -0.4 is 5.09 Å². The van der Waals surface area contributed by atoms with Crippen LogP contribution in [0.2, 0.25) is 0 Å². The number of nitrogens with zero attached hydrogens (tertiary/aromatic N) is 1. The van der Waals surface area contributed by atoms with Crippen LogP contribution in [0.1, 0.15) is 6.92 Å². The van der Waals surface area contributed by atoms with Gasteiger partial charge in [-0.25, -0.2) is 0 Å². The first-order valence-corrected chi connectivity index (χ1v) is 3.94. The summed E-state index contributed by atoms with van der Waals surface area (Å²) in [7, 11) is 6.28. The molecule has 0 fully saturated rings. The molecule has 0 aromatic heterocycles. The van der Waals surface area contributed by atoms with Crippen molar-refractivity contribution in [3.63, 3.8) is 0 Å². The van der Waals surface area contributed by atoms with Gasteiger partial charge in [0, 0.05) is 12.6 Å². The zero-order valence-corrected chi connectivity index (χ0v) is 7.99. The lowest BCUT2D eigenvalue weighted by Crippen LogP contribution is -2.39. The van der Waals surface area contributed by atoms with Gasteiger partial charge in [0.1, 0.15) is 0 Å². The number of hydrogen-bond donors (Lipinski definition) is 2. The fourth-order valence-corrected chi connectivity index (χ4v) is 0.865. The minimum Gasteiger partial charge on any atom is -0.390 e. The highest BCUT2D eigenvalue weighted by atomic mass is 31.0. The summed E-state index contributed by atoms with van der Waals surface area (Å²) < 4.78 is 0. The summed E-state index contributed by atoms with van der Waals surface area (Å²) in [6.45, 7) is 2.64. The van der Waals surface area contributed by atoms with E-state index in [1.807, 2.05) is 25.9 Å². The van der Waals surface area contributed by atoms with Crippen molar-refractivity contribution in [2.24, 2.45) is 0 Å². The van der Waals surface area contributed by atoms with Crippen LogP contribution in [-0.2, 0) is 0 Å². The number of likely N-dealkylation sites (N-methyl/N-ethyl adjacent to an activating group) is 1. The molecule has 4 heteroatoms. The average molecular weight is 164 g/mol. The second kappa shape index (κ2) is 5.03. The molecular formula is C6H17N2OP. The van der Waals surface area contributed by atoms with Crippen LogP contribution in [0.5, 0.6) is 0 Å². The van der Waals surface area contributed by atoms with E-state index in [0.29, 0.717) is 6.54 Å². The van der Waals surface area contributed by atoms with Gasteiger partial charge in [-0.3, -0.25) is 5.09 Å². The average Bonchev–Trinajstić information content (AvgIpc) is 1.85. The van der Waals surface area contributed by atoms with E-state index in [2.05, 4.69) is 14.5 Å². The van der Waals surface area contributed by atoms with Gasteiger partial charge in [0.25, 0.3) is 0 Å². The molecule has 0 aliphatic rings. The third-order valence-corrected chi connectivity index (χ3v) is 1.92. The van der Waals surface area contributed by atoms with Crippen LogP contribution in [0.3, 0.4) is 0 Å². The van der Waals surface area contributed by atoms with Gasteiger partial charge in [0.05, 0.1) is 6.10 Å². The fourth-order valence-electron chi connectivity index (χ4n) is 0.643. The van der Waals surface area contributed by atoms with Crippen LogP contribution in [0.4, 0.5) is 0 Å². The largest absolute Gasteiger partial charge is 0.390 e. The van der Waals surface area contributed by atoms with Crippen molar-refractivity contribution in [2.45, 2.75) is 19.1 Å². The topological polar surface area (TPSA) is 35.5 Å². The second-order valence-electron chi connectivity index (χ2n) is 2.78. The Morgan fingerprint density at radius 2 is 2.10 bits per heavy atom. The molecule has 0 amide bonds. The highest BCUT2D eigenvalue weighted by Crippen LogP contribution is 1.95. The monoisotopic (exact) mass is 164 g/mol. The molecule has 0 rings (SSSR count). The molecule has 0 bridgehead atoms. The van der Waals surface area contributed by atoms with Crippen molar-refractivity contribution in [3.05, 3.63) is 0 Å². The van der Waals surface area contributed by atoms with Crippen LogP contribution in [0.25, 0.3) is 0 Å². The zero-order valence-electron chi connectivity index (χ0n) is 6.83. The van der Waals surface area contributed by atoms with Crippen molar-refractivity contribution < 1.29 is 5.11 Å². The standard InChI is InChI=1S/C6H17N2OP/c1-5(7-10)6(9)4-8(2)3/h5-7,9H,4,10H2,1-3H3/t5-,6+/m0/s1. The van der Waals surface area contributed by atoms with Crippen molar-refractivity contribution in [3.8, 4) is 0 Å². The van der Waals surface area contributed by atoms with Crippen LogP contribution in [0.15, 0.2) is 0 Å². The van der Waals surface area contributed by atoms with Gasteiger partial charge in [0.2, 0.25) is 0 Å². The van der Waals surface area contributed by atoms with Crippen molar-refractivity contribution >= 4 is 9.39 Å². The van der Waals surface area contributed by atoms with Gasteiger partial charge in [0.15, 0.2) is 0 Å². The third-order valence-electron chi connectivity index (χ3n) is 1.39. The van der Waals surface area contributed by atoms with E-state index >= 15 is 0 Å². The van der Waals surface area contributed by atoms with E-state index in [9.17, 15) is 5.11 Å². The first kappa shape index (κ1) is 10.3. The number of rotatable bonds is 4. The predicted molar refractivity (Wildman–Crippen MR) is 46.9 cm³/mol. The lowest BCUT2D eigenvalue weighted by atomic mass is 10.2. The Labute approximate surface area is 65.1 Å². The molecule has 62 valence electrons. The van der Waals surface area contributed by atoms with Crippen LogP contribution in [0, 0.1) is 0 Å². The van der Waals surface area contributed by atoms with E-state index in [1.165, 1.54) is 0 Å². The lowest BCUT2D eigenvalue weighted by Gasteiger charge is -2.21. The molecule has 2 N–H and O–H groups in total. The molecule has 10 heavy (non-hydrogen) atoms. The SMILES string of the molecule is C[C@H](NP)[C@H](O)CN(C)C. The minimum atomic E-state index is -0.299. The van der Waals surface area contributed by atoms with E-state index < -0.39 is 0 Å². The van der Waals surface area contributed by atoms with Gasteiger partial charge < -0.3 is 10.0 Å². The molecule has 0 aromatic carbocycles. The van der Waals surface area contributed by atoms with E-state index in [0.717, 1.165) is 0 Å². The highest BCUT2D eigenvalue weighted by molar-refractivity contribution is 7.13. The summed E-state index contributed by atoms with van der Waals surface area (Å²) in [5.41, 5.74) is 0. The van der Waals surface area contributed by atoms with Gasteiger partial charge in [-0.05, 0) is 21.0 Å². The van der Waals surface area contributed by atoms with Crippen molar-refractivity contribution in [1.29, 1.82) is 0 Å². The lowest BCUT2D eigenvalue weighted by molar-refractivity contribution is 0.112. The van der Waals surface area contributed by atoms with Crippen molar-refractivity contribution in [1.82, 2.24) is 9.99 Å². The quantitative estimate of drug-likeness (QED) is 0.559. The van der Waals surface area contributed by atoms with E-state index in [1.54, 1.807) is 0 Å². The first-order valence-electron chi connectivity index (χ1n) is 3.37. The number of aliphatic hydroxyl groups is 1. The summed E-state index contributed by atoms with van der Waals surface area (Å²) >= 11 is 0. The summed E-state index contributed by atoms with van der Waals surface area (Å²) in [5.74, 6) is 0. The number of hydrogen-bond acceptors (Lipinski definition) is 3. The van der Waals surface area contributed by atoms with Crippen LogP contribution in [-0.4, -0.2) is 42.8 Å². The minimum absolute atomic E-state index is 0.132. The maximum atomic E-state index is 9.37. The van der Waals surface area contributed by atoms with Crippen LogP contribution >= 0.6 is 9.39 Å². The Hall–Kier alpha value is 0.310. The number of aliphatic hydroxyl groups excluding tert-OH is 1. The Morgan fingerprint density at radius 3 is 2.40 bits per heavy atom. The molecule has 0 heterocycles. The molecule has 0 aliphatic heterocycles. The van der Waals surface area contributed by atoms with Gasteiger partial charge >= 0.3 is 0 Å². The third kappa shape index (κ3) is 4.18. The molecule has 0 saturated carbocycles. The Kier molecular flexibility index (Phi) is 5.18. The fraction of sp³-hybridized carbons (Fsp3) is 1.00. The molecular weight excluding hydrogens is 147 g/mol. The normalized spacial score (nSPS) is 17.4. The van der Waals surface area contributed by atoms with Gasteiger partial charge in [-0.2, -0.15) is 0 Å². The molecule has 3 atom stereocenters. The second-order valence-corrected chi connectivity index (χ2v) is 3.12. The molecule has 0 spiro atoms. The summed E-state index contributed by atoms with van der Waals surface area (Å²) in [4.78, 5) is 1.96. The zero-order chi connectivity index (χ0) is 8.15. The Morgan fingerprint density at radius 1 is 1.60 bits per heavy atom. The molecule has 0 radical (unpaired) electrons. The smallest absolute Gasteiger partial charge is 0.0819 e. The maximum Gasteiger partial charge on any atom is 0.0819 e.